The van der Waals surface area contributed by atoms with Crippen LogP contribution in [-0.2, 0) is 11.3 Å². The molecule has 0 fully saturated rings. The van der Waals surface area contributed by atoms with Crippen LogP contribution in [0.15, 0.2) is 83.7 Å². The number of carbonyl (C=O) groups excluding carboxylic acids is 1. The van der Waals surface area contributed by atoms with E-state index in [1.54, 1.807) is 42.5 Å². The largest absolute Gasteiger partial charge is 0.454 e. The van der Waals surface area contributed by atoms with Crippen LogP contribution in [0, 0.1) is 0 Å². The van der Waals surface area contributed by atoms with Gasteiger partial charge in [0.2, 0.25) is 0 Å². The van der Waals surface area contributed by atoms with Gasteiger partial charge in [0.25, 0.3) is 5.56 Å². The maximum absolute atomic E-state index is 12.6. The molecule has 0 aliphatic rings. The number of hydrogen-bond donors (Lipinski definition) is 2. The van der Waals surface area contributed by atoms with Gasteiger partial charge in [-0.2, -0.15) is 0 Å². The van der Waals surface area contributed by atoms with E-state index < -0.39 is 5.97 Å². The Morgan fingerprint density at radius 3 is 2.50 bits per heavy atom. The molecule has 6 nitrogen and oxygen atoms in total. The van der Waals surface area contributed by atoms with E-state index in [0.717, 1.165) is 5.69 Å². The number of rotatable bonds is 5. The van der Waals surface area contributed by atoms with Crippen LogP contribution in [0.2, 0.25) is 0 Å². The van der Waals surface area contributed by atoms with Gasteiger partial charge < -0.3 is 15.0 Å². The van der Waals surface area contributed by atoms with Crippen molar-refractivity contribution >= 4 is 28.2 Å². The van der Waals surface area contributed by atoms with Crippen LogP contribution < -0.4 is 10.9 Å². The molecule has 0 atom stereocenters. The summed E-state index contributed by atoms with van der Waals surface area (Å²) in [5, 5.41) is 3.71. The van der Waals surface area contributed by atoms with E-state index in [0.29, 0.717) is 28.0 Å². The fraction of sp³-hybridized carbons (Fsp3) is 0.0455. The number of nitrogens with one attached hydrogen (secondary N) is 2. The number of hydrogen-bond acceptors (Lipinski definition) is 5. The molecule has 4 aromatic rings. The van der Waals surface area contributed by atoms with Crippen LogP contribution in [0.1, 0.15) is 16.2 Å². The molecule has 0 saturated carbocycles. The Hall–Kier alpha value is -3.93. The molecule has 0 radical (unpaired) electrons. The summed E-state index contributed by atoms with van der Waals surface area (Å²) in [7, 11) is 0. The second kappa shape index (κ2) is 7.75. The first-order chi connectivity index (χ1) is 13.7. The lowest BCUT2D eigenvalue weighted by Crippen LogP contribution is -2.15. The van der Waals surface area contributed by atoms with Crippen molar-refractivity contribution < 1.29 is 9.53 Å². The third-order valence-corrected chi connectivity index (χ3v) is 4.20. The Bertz CT molecular complexity index is 1190. The molecule has 0 bridgehead atoms. The first kappa shape index (κ1) is 17.5. The lowest BCUT2D eigenvalue weighted by atomic mass is 10.1. The van der Waals surface area contributed by atoms with E-state index in [9.17, 15) is 9.59 Å². The zero-order valence-electron chi connectivity index (χ0n) is 14.9. The molecule has 4 rings (SSSR count). The van der Waals surface area contributed by atoms with E-state index >= 15 is 0 Å². The summed E-state index contributed by atoms with van der Waals surface area (Å²) in [5.41, 5.74) is 2.20. The quantitative estimate of drug-likeness (QED) is 0.518. The van der Waals surface area contributed by atoms with Crippen LogP contribution in [0.25, 0.3) is 10.9 Å². The van der Waals surface area contributed by atoms with Crippen LogP contribution in [0.5, 0.6) is 0 Å². The second-order valence-corrected chi connectivity index (χ2v) is 6.14. The first-order valence-electron chi connectivity index (χ1n) is 8.77. The van der Waals surface area contributed by atoms with E-state index in [1.165, 1.54) is 0 Å². The van der Waals surface area contributed by atoms with Gasteiger partial charge in [0.15, 0.2) is 0 Å². The number of H-pyrrole nitrogens is 1. The molecule has 0 aliphatic heterocycles. The van der Waals surface area contributed by atoms with Gasteiger partial charge in [-0.25, -0.2) is 9.78 Å². The molecular formula is C22H17N3O3. The molecule has 0 spiro atoms. The molecular weight excluding hydrogens is 354 g/mol. The molecule has 1 heterocycles. The minimum absolute atomic E-state index is 0.126. The van der Waals surface area contributed by atoms with Crippen LogP contribution in [0.4, 0.5) is 11.4 Å². The maximum atomic E-state index is 12.6. The molecule has 3 aromatic carbocycles. The van der Waals surface area contributed by atoms with Crippen LogP contribution in [0.3, 0.4) is 0 Å². The summed E-state index contributed by atoms with van der Waals surface area (Å²) in [6.07, 6.45) is 0. The molecule has 0 aliphatic carbocycles. The van der Waals surface area contributed by atoms with Crippen molar-refractivity contribution in [1.29, 1.82) is 0 Å². The summed E-state index contributed by atoms with van der Waals surface area (Å²) in [5.74, 6) is -0.208. The first-order valence-corrected chi connectivity index (χ1v) is 8.77. The zero-order valence-corrected chi connectivity index (χ0v) is 14.9. The van der Waals surface area contributed by atoms with Crippen molar-refractivity contribution in [3.63, 3.8) is 0 Å². The predicted octanol–water partition coefficient (Wildman–Crippen LogP) is 4.02. The van der Waals surface area contributed by atoms with E-state index in [4.69, 9.17) is 4.74 Å². The zero-order chi connectivity index (χ0) is 19.3. The number of anilines is 2. The summed E-state index contributed by atoms with van der Waals surface area (Å²) in [6, 6.07) is 23.7. The molecule has 6 heteroatoms. The number of aromatic nitrogens is 2. The number of esters is 1. The fourth-order valence-electron chi connectivity index (χ4n) is 2.86. The lowest BCUT2D eigenvalue weighted by Gasteiger charge is -2.11. The number of nitrogens with zero attached hydrogens (tertiary/aromatic N) is 1. The third-order valence-electron chi connectivity index (χ3n) is 4.20. The highest BCUT2D eigenvalue weighted by Gasteiger charge is 2.14. The van der Waals surface area contributed by atoms with Crippen molar-refractivity contribution in [3.05, 3.63) is 101 Å². The number of benzene rings is 3. The highest BCUT2D eigenvalue weighted by molar-refractivity contribution is 5.96. The van der Waals surface area contributed by atoms with Gasteiger partial charge in [-0.15, -0.1) is 0 Å². The molecule has 0 amide bonds. The van der Waals surface area contributed by atoms with Gasteiger partial charge in [0, 0.05) is 5.69 Å². The predicted molar refractivity (Wildman–Crippen MR) is 108 cm³/mol. The average molecular weight is 371 g/mol. The Morgan fingerprint density at radius 2 is 1.64 bits per heavy atom. The van der Waals surface area contributed by atoms with Crippen molar-refractivity contribution in [1.82, 2.24) is 9.97 Å². The average Bonchev–Trinajstić information content (AvgIpc) is 2.73. The molecule has 0 unspecified atom stereocenters. The Labute approximate surface area is 160 Å². The summed E-state index contributed by atoms with van der Waals surface area (Å²) in [4.78, 5) is 31.7. The standard InChI is InChI=1S/C22H17N3O3/c26-21-16-10-4-6-12-18(16)24-20(25-21)14-28-22(27)17-11-5-7-13-19(17)23-15-8-2-1-3-9-15/h1-13,23H,14H2,(H,24,25,26). The number of para-hydroxylation sites is 3. The van der Waals surface area contributed by atoms with E-state index in [1.807, 2.05) is 36.4 Å². The minimum atomic E-state index is -0.505. The smallest absolute Gasteiger partial charge is 0.340 e. The summed E-state index contributed by atoms with van der Waals surface area (Å²) < 4.78 is 5.38. The van der Waals surface area contributed by atoms with Crippen molar-refractivity contribution in [3.8, 4) is 0 Å². The topological polar surface area (TPSA) is 84.1 Å². The number of carbonyl (C=O) groups is 1. The molecule has 2 N–H and O–H groups in total. The van der Waals surface area contributed by atoms with Crippen molar-refractivity contribution in [2.24, 2.45) is 0 Å². The highest BCUT2D eigenvalue weighted by atomic mass is 16.5. The number of ether oxygens (including phenoxy) is 1. The number of aromatic amines is 1. The SMILES string of the molecule is O=C(OCc1nc2ccccc2c(=O)[nH]1)c1ccccc1Nc1ccccc1. The Kier molecular flexibility index (Phi) is 4.84. The van der Waals surface area contributed by atoms with Crippen molar-refractivity contribution in [2.45, 2.75) is 6.61 Å². The molecule has 0 saturated heterocycles. The highest BCUT2D eigenvalue weighted by Crippen LogP contribution is 2.21. The maximum Gasteiger partial charge on any atom is 0.340 e. The van der Waals surface area contributed by atoms with Gasteiger partial charge in [0.1, 0.15) is 12.4 Å². The Balaban J connectivity index is 1.52. The third kappa shape index (κ3) is 3.76. The fourth-order valence-corrected chi connectivity index (χ4v) is 2.86. The number of fused-ring (bicyclic) bond motifs is 1. The summed E-state index contributed by atoms with van der Waals surface area (Å²) >= 11 is 0. The summed E-state index contributed by atoms with van der Waals surface area (Å²) in [6.45, 7) is -0.126. The van der Waals surface area contributed by atoms with Crippen LogP contribution >= 0.6 is 0 Å². The van der Waals surface area contributed by atoms with E-state index in [-0.39, 0.29) is 12.2 Å². The normalized spacial score (nSPS) is 10.6. The molecule has 28 heavy (non-hydrogen) atoms. The van der Waals surface area contributed by atoms with E-state index in [2.05, 4.69) is 15.3 Å². The Morgan fingerprint density at radius 1 is 0.929 bits per heavy atom. The van der Waals surface area contributed by atoms with Gasteiger partial charge in [-0.1, -0.05) is 42.5 Å². The van der Waals surface area contributed by atoms with Crippen molar-refractivity contribution in [2.75, 3.05) is 5.32 Å². The lowest BCUT2D eigenvalue weighted by molar-refractivity contribution is 0.0463. The van der Waals surface area contributed by atoms with Crippen LogP contribution in [-0.4, -0.2) is 15.9 Å². The van der Waals surface area contributed by atoms with Gasteiger partial charge in [-0.3, -0.25) is 4.79 Å². The van der Waals surface area contributed by atoms with Gasteiger partial charge in [-0.05, 0) is 36.4 Å². The minimum Gasteiger partial charge on any atom is -0.454 e. The van der Waals surface area contributed by atoms with Gasteiger partial charge in [0.05, 0.1) is 22.2 Å². The molecule has 138 valence electrons. The monoisotopic (exact) mass is 371 g/mol. The second-order valence-electron chi connectivity index (χ2n) is 6.14. The van der Waals surface area contributed by atoms with Gasteiger partial charge >= 0.3 is 5.97 Å². The molecule has 1 aromatic heterocycles.